The van der Waals surface area contributed by atoms with E-state index in [1.807, 2.05) is 0 Å². The number of nitrogens with one attached hydrogen (secondary N) is 1. The molecular formula is C27H46N2O2. The Balaban J connectivity index is 1.42. The van der Waals surface area contributed by atoms with Crippen molar-refractivity contribution in [1.29, 1.82) is 0 Å². The number of aliphatic hydroxyl groups excluding tert-OH is 1. The highest BCUT2D eigenvalue weighted by molar-refractivity contribution is 5.90. The Hall–Kier alpha value is -0.610. The van der Waals surface area contributed by atoms with Gasteiger partial charge in [-0.05, 0) is 111 Å². The Morgan fingerprint density at radius 1 is 1.00 bits per heavy atom. The Kier molecular flexibility index (Phi) is 5.73. The zero-order valence-electron chi connectivity index (χ0n) is 20.5. The Morgan fingerprint density at radius 3 is 2.52 bits per heavy atom. The van der Waals surface area contributed by atoms with Gasteiger partial charge in [-0.1, -0.05) is 39.3 Å². The van der Waals surface area contributed by atoms with Gasteiger partial charge in [-0.15, -0.1) is 0 Å². The van der Waals surface area contributed by atoms with Gasteiger partial charge in [0.25, 0.3) is 0 Å². The zero-order valence-corrected chi connectivity index (χ0v) is 20.5. The molecule has 7 atom stereocenters. The van der Waals surface area contributed by atoms with Gasteiger partial charge in [0.2, 0.25) is 0 Å². The van der Waals surface area contributed by atoms with E-state index in [4.69, 9.17) is 9.99 Å². The summed E-state index contributed by atoms with van der Waals surface area (Å²) < 4.78 is 0. The van der Waals surface area contributed by atoms with Crippen molar-refractivity contribution in [3.63, 3.8) is 0 Å². The molecule has 2 N–H and O–H groups in total. The Bertz CT molecular complexity index is 699. The summed E-state index contributed by atoms with van der Waals surface area (Å²) in [5.41, 5.74) is 2.14. The van der Waals surface area contributed by atoms with Crippen molar-refractivity contribution in [3.8, 4) is 0 Å². The van der Waals surface area contributed by atoms with Gasteiger partial charge in [-0.25, -0.2) is 0 Å². The number of fused-ring (bicyclic) bond motifs is 5. The number of oxime groups is 1. The summed E-state index contributed by atoms with van der Waals surface area (Å²) in [6.45, 7) is 12.4. The molecule has 5 aliphatic rings. The number of hydrogen-bond donors (Lipinski definition) is 2. The van der Waals surface area contributed by atoms with Crippen LogP contribution in [-0.4, -0.2) is 36.6 Å². The van der Waals surface area contributed by atoms with Crippen LogP contribution in [0.3, 0.4) is 0 Å². The standard InChI is InChI=1S/C27H46N2O2/c1-25(2)23(29-31-19-9-14-28-15-10-19)8-13-27(4)22-7-12-26(3)11-5-6-21(26)20(22)16-18(17-30)24(25)27/h18-22,24,28,30H,5-17H2,1-4H3/b29-23+/t18-,20+,21+,22+,24?,26+,27-/m1/s1. The predicted octanol–water partition coefficient (Wildman–Crippen LogP) is 5.40. The van der Waals surface area contributed by atoms with Gasteiger partial charge in [-0.3, -0.25) is 0 Å². The summed E-state index contributed by atoms with van der Waals surface area (Å²) in [5.74, 6) is 3.43. The van der Waals surface area contributed by atoms with E-state index >= 15 is 0 Å². The van der Waals surface area contributed by atoms with Gasteiger partial charge in [0.1, 0.15) is 6.10 Å². The molecule has 5 fully saturated rings. The highest BCUT2D eigenvalue weighted by Crippen LogP contribution is 2.69. The fourth-order valence-corrected chi connectivity index (χ4v) is 9.71. The van der Waals surface area contributed by atoms with E-state index in [-0.39, 0.29) is 11.5 Å². The van der Waals surface area contributed by atoms with Crippen molar-refractivity contribution >= 4 is 5.71 Å². The average molecular weight is 431 g/mol. The largest absolute Gasteiger partial charge is 0.396 e. The predicted molar refractivity (Wildman–Crippen MR) is 126 cm³/mol. The van der Waals surface area contributed by atoms with Gasteiger partial charge in [-0.2, -0.15) is 0 Å². The fraction of sp³-hybridized carbons (Fsp3) is 0.963. The third-order valence-electron chi connectivity index (χ3n) is 11.1. The summed E-state index contributed by atoms with van der Waals surface area (Å²) in [7, 11) is 0. The van der Waals surface area contributed by atoms with E-state index < -0.39 is 0 Å². The number of nitrogens with zero attached hydrogens (tertiary/aromatic N) is 1. The Labute approximate surface area is 190 Å². The van der Waals surface area contributed by atoms with Crippen LogP contribution in [0, 0.1) is 45.8 Å². The summed E-state index contributed by atoms with van der Waals surface area (Å²) in [6, 6.07) is 0. The second kappa shape index (κ2) is 8.01. The van der Waals surface area contributed by atoms with E-state index in [1.165, 1.54) is 50.7 Å². The minimum atomic E-state index is -0.00525. The number of hydrogen-bond acceptors (Lipinski definition) is 4. The van der Waals surface area contributed by atoms with Crippen LogP contribution in [0.2, 0.25) is 0 Å². The molecule has 176 valence electrons. The lowest BCUT2D eigenvalue weighted by molar-refractivity contribution is -0.152. The quantitative estimate of drug-likeness (QED) is 0.590. The lowest BCUT2D eigenvalue weighted by atomic mass is 9.39. The topological polar surface area (TPSA) is 53.8 Å². The first-order valence-corrected chi connectivity index (χ1v) is 13.3. The average Bonchev–Trinajstić information content (AvgIpc) is 3.15. The summed E-state index contributed by atoms with van der Waals surface area (Å²) >= 11 is 0. The monoisotopic (exact) mass is 430 g/mol. The summed E-state index contributed by atoms with van der Waals surface area (Å²) in [5, 5.41) is 18.9. The van der Waals surface area contributed by atoms with Crippen molar-refractivity contribution < 1.29 is 9.94 Å². The third kappa shape index (κ3) is 3.50. The molecule has 4 heteroatoms. The normalized spacial score (nSPS) is 48.7. The molecule has 1 unspecified atom stereocenters. The molecule has 31 heavy (non-hydrogen) atoms. The number of piperidine rings is 1. The van der Waals surface area contributed by atoms with Gasteiger partial charge >= 0.3 is 0 Å². The molecule has 4 nitrogen and oxygen atoms in total. The highest BCUT2D eigenvalue weighted by atomic mass is 16.6. The van der Waals surface area contributed by atoms with Gasteiger partial charge in [0, 0.05) is 12.0 Å². The molecule has 0 aromatic heterocycles. The first-order chi connectivity index (χ1) is 14.8. The van der Waals surface area contributed by atoms with Crippen molar-refractivity contribution in [1.82, 2.24) is 5.32 Å². The molecule has 5 rings (SSSR count). The van der Waals surface area contributed by atoms with E-state index in [1.54, 1.807) is 0 Å². The maximum Gasteiger partial charge on any atom is 0.130 e. The van der Waals surface area contributed by atoms with E-state index in [0.29, 0.717) is 29.3 Å². The fourth-order valence-electron chi connectivity index (χ4n) is 9.71. The van der Waals surface area contributed by atoms with Crippen LogP contribution in [0.1, 0.15) is 91.9 Å². The lowest BCUT2D eigenvalue weighted by Gasteiger charge is -2.65. The number of rotatable bonds is 3. The molecule has 0 spiro atoms. The van der Waals surface area contributed by atoms with Gasteiger partial charge in [0.15, 0.2) is 0 Å². The smallest absolute Gasteiger partial charge is 0.130 e. The van der Waals surface area contributed by atoms with Crippen molar-refractivity contribution in [2.45, 2.75) is 98.0 Å². The van der Waals surface area contributed by atoms with Crippen molar-refractivity contribution in [2.24, 2.45) is 51.0 Å². The molecule has 4 aliphatic carbocycles. The second-order valence-electron chi connectivity index (χ2n) is 12.9. The maximum atomic E-state index is 10.6. The van der Waals surface area contributed by atoms with Crippen molar-refractivity contribution in [2.75, 3.05) is 19.7 Å². The van der Waals surface area contributed by atoms with Gasteiger partial charge in [0.05, 0.1) is 5.71 Å². The van der Waals surface area contributed by atoms with Crippen LogP contribution in [0.4, 0.5) is 0 Å². The van der Waals surface area contributed by atoms with Crippen LogP contribution in [0.25, 0.3) is 0 Å². The molecular weight excluding hydrogens is 384 g/mol. The molecule has 0 aromatic carbocycles. The lowest BCUT2D eigenvalue weighted by Crippen LogP contribution is -2.61. The van der Waals surface area contributed by atoms with E-state index in [2.05, 4.69) is 33.0 Å². The molecule has 1 saturated heterocycles. The van der Waals surface area contributed by atoms with Gasteiger partial charge < -0.3 is 15.3 Å². The zero-order chi connectivity index (χ0) is 21.9. The Morgan fingerprint density at radius 2 is 1.77 bits per heavy atom. The number of aliphatic hydroxyl groups is 1. The van der Waals surface area contributed by atoms with Crippen LogP contribution in [0.5, 0.6) is 0 Å². The van der Waals surface area contributed by atoms with Crippen LogP contribution in [0.15, 0.2) is 5.16 Å². The maximum absolute atomic E-state index is 10.6. The molecule has 0 aromatic rings. The molecule has 0 radical (unpaired) electrons. The molecule has 1 aliphatic heterocycles. The highest BCUT2D eigenvalue weighted by Gasteiger charge is 2.63. The van der Waals surface area contributed by atoms with Crippen LogP contribution >= 0.6 is 0 Å². The van der Waals surface area contributed by atoms with Crippen molar-refractivity contribution in [3.05, 3.63) is 0 Å². The summed E-state index contributed by atoms with van der Waals surface area (Å²) in [4.78, 5) is 6.10. The van der Waals surface area contributed by atoms with Crippen LogP contribution < -0.4 is 5.32 Å². The molecule has 4 saturated carbocycles. The first-order valence-electron chi connectivity index (χ1n) is 13.3. The van der Waals surface area contributed by atoms with E-state index in [0.717, 1.165) is 50.1 Å². The molecule has 0 bridgehead atoms. The van der Waals surface area contributed by atoms with Crippen LogP contribution in [-0.2, 0) is 4.84 Å². The molecule has 1 heterocycles. The third-order valence-corrected chi connectivity index (χ3v) is 11.1. The second-order valence-corrected chi connectivity index (χ2v) is 12.9. The minimum Gasteiger partial charge on any atom is -0.396 e. The minimum absolute atomic E-state index is 0.00525. The SMILES string of the molecule is CC1(C)/C(=N/OC2CCNCC2)CC[C@@]2(C)C1[C@@H](CO)C[C@H]1[C@@H]3CCC[C@@]3(C)CC[C@@H]12. The van der Waals surface area contributed by atoms with E-state index in [9.17, 15) is 5.11 Å². The first kappa shape index (κ1) is 22.2. The summed E-state index contributed by atoms with van der Waals surface area (Å²) in [6.07, 6.45) is 13.0. The molecule has 0 amide bonds.